The Morgan fingerprint density at radius 3 is 2.62 bits per heavy atom. The van der Waals surface area contributed by atoms with E-state index >= 15 is 0 Å². The van der Waals surface area contributed by atoms with Crippen molar-refractivity contribution in [2.75, 3.05) is 46.4 Å². The summed E-state index contributed by atoms with van der Waals surface area (Å²) in [5.41, 5.74) is 1.44. The first-order valence-corrected chi connectivity index (χ1v) is 15.0. The van der Waals surface area contributed by atoms with Gasteiger partial charge in [0.05, 0.1) is 18.2 Å². The predicted molar refractivity (Wildman–Crippen MR) is 158 cm³/mol. The first-order valence-electron chi connectivity index (χ1n) is 14.6. The van der Waals surface area contributed by atoms with E-state index in [4.69, 9.17) is 21.3 Å². The number of fused-ring (bicyclic) bond motifs is 4. The number of ether oxygens (including phenoxy) is 1. The number of benzene rings is 1. The standard InChI is InChI=1S/C31H42ClN5O2/c1-4-14-36-17-9-10-19-39-27-13-12-24(32)21-25(27)31(38)37-18-6-5-11-26(37)23(2)20-28-33-29(22-30(36)34(28)3)35-15-7-8-16-35/h12-13,20-22,26H,2,4-11,14-19H2,1,3H3/b28-20-. The van der Waals surface area contributed by atoms with Crippen LogP contribution in [0.2, 0.25) is 5.02 Å². The molecule has 2 bridgehead atoms. The van der Waals surface area contributed by atoms with Crippen LogP contribution in [-0.2, 0) is 0 Å². The maximum atomic E-state index is 13.9. The molecule has 0 aromatic heterocycles. The molecule has 0 N–H and O–H groups in total. The zero-order valence-electron chi connectivity index (χ0n) is 23.5. The van der Waals surface area contributed by atoms with Crippen molar-refractivity contribution in [3.8, 4) is 5.75 Å². The minimum Gasteiger partial charge on any atom is -0.493 e. The second-order valence-electron chi connectivity index (χ2n) is 11.0. The molecular formula is C31H42ClN5O2. The van der Waals surface area contributed by atoms with Gasteiger partial charge in [-0.15, -0.1) is 0 Å². The van der Waals surface area contributed by atoms with E-state index < -0.39 is 0 Å². The zero-order chi connectivity index (χ0) is 27.4. The molecule has 0 spiro atoms. The van der Waals surface area contributed by atoms with Gasteiger partial charge in [0, 0.05) is 50.9 Å². The molecule has 5 rings (SSSR count). The topological polar surface area (TPSA) is 51.6 Å². The average Bonchev–Trinajstić information content (AvgIpc) is 3.48. The van der Waals surface area contributed by atoms with Crippen molar-refractivity contribution in [2.45, 2.75) is 64.3 Å². The van der Waals surface area contributed by atoms with Crippen molar-refractivity contribution in [1.82, 2.24) is 19.6 Å². The lowest BCUT2D eigenvalue weighted by atomic mass is 9.94. The number of aliphatic imine (C=N–C) groups is 1. The third-order valence-corrected chi connectivity index (χ3v) is 8.42. The second kappa shape index (κ2) is 12.5. The molecule has 1 atom stereocenters. The van der Waals surface area contributed by atoms with Crippen molar-refractivity contribution in [3.05, 3.63) is 64.7 Å². The van der Waals surface area contributed by atoms with Gasteiger partial charge < -0.3 is 24.3 Å². The van der Waals surface area contributed by atoms with E-state index in [1.807, 2.05) is 11.0 Å². The van der Waals surface area contributed by atoms with Crippen molar-refractivity contribution in [1.29, 1.82) is 0 Å². The minimum absolute atomic E-state index is 0.0446. The first-order chi connectivity index (χ1) is 19.0. The van der Waals surface area contributed by atoms with Crippen LogP contribution in [-0.4, -0.2) is 83.8 Å². The molecule has 210 valence electrons. The van der Waals surface area contributed by atoms with Crippen LogP contribution < -0.4 is 4.74 Å². The lowest BCUT2D eigenvalue weighted by molar-refractivity contribution is 0.0651. The highest BCUT2D eigenvalue weighted by Gasteiger charge is 2.32. The Morgan fingerprint density at radius 1 is 1.05 bits per heavy atom. The largest absolute Gasteiger partial charge is 0.493 e. The first kappa shape index (κ1) is 27.6. The molecule has 1 aromatic rings. The Balaban J connectivity index is 1.56. The molecule has 2 fully saturated rings. The van der Waals surface area contributed by atoms with E-state index in [0.717, 1.165) is 81.9 Å². The molecule has 4 aliphatic heterocycles. The Hall–Kier alpha value is -2.93. The lowest BCUT2D eigenvalue weighted by Crippen LogP contribution is -2.45. The highest BCUT2D eigenvalue weighted by atomic mass is 35.5. The highest BCUT2D eigenvalue weighted by molar-refractivity contribution is 6.31. The summed E-state index contributed by atoms with van der Waals surface area (Å²) in [5, 5.41) is 0.539. The van der Waals surface area contributed by atoms with E-state index in [2.05, 4.69) is 47.4 Å². The number of rotatable bonds is 2. The van der Waals surface area contributed by atoms with Gasteiger partial charge in [0.2, 0.25) is 0 Å². The van der Waals surface area contributed by atoms with Gasteiger partial charge in [0.25, 0.3) is 5.91 Å². The number of hydrogen-bond acceptors (Lipinski definition) is 6. The summed E-state index contributed by atoms with van der Waals surface area (Å²) in [6.45, 7) is 12.0. The zero-order valence-corrected chi connectivity index (χ0v) is 24.3. The van der Waals surface area contributed by atoms with E-state index in [0.29, 0.717) is 29.5 Å². The summed E-state index contributed by atoms with van der Waals surface area (Å²) in [7, 11) is 2.10. The van der Waals surface area contributed by atoms with Crippen molar-refractivity contribution >= 4 is 23.3 Å². The minimum atomic E-state index is -0.0987. The Morgan fingerprint density at radius 2 is 1.82 bits per heavy atom. The van der Waals surface area contributed by atoms with Crippen LogP contribution in [0.1, 0.15) is 68.6 Å². The molecule has 4 aliphatic rings. The summed E-state index contributed by atoms with van der Waals surface area (Å²) in [4.78, 5) is 28.1. The molecule has 0 aliphatic carbocycles. The van der Waals surface area contributed by atoms with Gasteiger partial charge in [-0.25, -0.2) is 4.99 Å². The Labute approximate surface area is 238 Å². The molecule has 39 heavy (non-hydrogen) atoms. The quantitative estimate of drug-likeness (QED) is 0.458. The van der Waals surface area contributed by atoms with E-state index in [1.165, 1.54) is 18.7 Å². The third-order valence-electron chi connectivity index (χ3n) is 8.18. The van der Waals surface area contributed by atoms with E-state index in [-0.39, 0.29) is 11.9 Å². The van der Waals surface area contributed by atoms with Gasteiger partial charge in [-0.05, 0) is 81.2 Å². The number of nitrogens with zero attached hydrogens (tertiary/aromatic N) is 5. The number of halogens is 1. The molecule has 7 nitrogen and oxygen atoms in total. The fourth-order valence-electron chi connectivity index (χ4n) is 6.06. The maximum absolute atomic E-state index is 13.9. The van der Waals surface area contributed by atoms with Crippen LogP contribution in [0.3, 0.4) is 0 Å². The number of amides is 1. The van der Waals surface area contributed by atoms with Crippen molar-refractivity contribution in [3.63, 3.8) is 0 Å². The SMILES string of the molecule is C=C1/C=C2/N=C(N3CCCC3)C=C(N(CCC)CCCCOc3ccc(Cl)cc3C(=O)N3CCCCC13)N2C. The number of likely N-dealkylation sites (tertiary alicyclic amines) is 1. The molecule has 4 heterocycles. The Bertz CT molecular complexity index is 1170. The molecule has 0 saturated carbocycles. The summed E-state index contributed by atoms with van der Waals surface area (Å²) in [6, 6.07) is 5.28. The highest BCUT2D eigenvalue weighted by Crippen LogP contribution is 2.32. The summed E-state index contributed by atoms with van der Waals surface area (Å²) >= 11 is 6.36. The molecule has 0 radical (unpaired) electrons. The second-order valence-corrected chi connectivity index (χ2v) is 11.4. The molecule has 8 heteroatoms. The van der Waals surface area contributed by atoms with Gasteiger partial charge in [0.1, 0.15) is 23.2 Å². The van der Waals surface area contributed by atoms with Crippen LogP contribution in [0, 0.1) is 0 Å². The fraction of sp³-hybridized carbons (Fsp3) is 0.548. The predicted octanol–water partition coefficient (Wildman–Crippen LogP) is 5.90. The third kappa shape index (κ3) is 6.13. The fourth-order valence-corrected chi connectivity index (χ4v) is 6.24. The van der Waals surface area contributed by atoms with Gasteiger partial charge in [-0.2, -0.15) is 0 Å². The summed E-state index contributed by atoms with van der Waals surface area (Å²) in [5.74, 6) is 3.66. The van der Waals surface area contributed by atoms with Crippen LogP contribution in [0.15, 0.2) is 59.1 Å². The monoisotopic (exact) mass is 551 g/mol. The maximum Gasteiger partial charge on any atom is 0.258 e. The smallest absolute Gasteiger partial charge is 0.258 e. The van der Waals surface area contributed by atoms with Crippen LogP contribution in [0.25, 0.3) is 0 Å². The number of hydrogen-bond donors (Lipinski definition) is 0. The van der Waals surface area contributed by atoms with Gasteiger partial charge in [-0.1, -0.05) is 25.1 Å². The summed E-state index contributed by atoms with van der Waals surface area (Å²) in [6.07, 6.45) is 12.6. The number of amidine groups is 1. The van der Waals surface area contributed by atoms with Crippen LogP contribution in [0.4, 0.5) is 0 Å². The molecule has 2 saturated heterocycles. The van der Waals surface area contributed by atoms with Crippen molar-refractivity contribution < 1.29 is 9.53 Å². The molecule has 1 unspecified atom stereocenters. The number of carbonyl (C=O) groups is 1. The van der Waals surface area contributed by atoms with Crippen LogP contribution >= 0.6 is 11.6 Å². The normalized spacial score (nSPS) is 24.4. The lowest BCUT2D eigenvalue weighted by Gasteiger charge is -2.39. The van der Waals surface area contributed by atoms with Gasteiger partial charge in [0.15, 0.2) is 0 Å². The van der Waals surface area contributed by atoms with Crippen LogP contribution in [0.5, 0.6) is 5.75 Å². The number of piperidine rings is 1. The van der Waals surface area contributed by atoms with E-state index in [9.17, 15) is 4.79 Å². The molecular weight excluding hydrogens is 510 g/mol. The van der Waals surface area contributed by atoms with Crippen molar-refractivity contribution in [2.24, 2.45) is 4.99 Å². The molecule has 1 aromatic carbocycles. The van der Waals surface area contributed by atoms with E-state index in [1.54, 1.807) is 12.1 Å². The van der Waals surface area contributed by atoms with Gasteiger partial charge in [-0.3, -0.25) is 4.79 Å². The summed E-state index contributed by atoms with van der Waals surface area (Å²) < 4.78 is 6.19. The number of carbonyl (C=O) groups excluding carboxylic acids is 1. The average molecular weight is 552 g/mol. The molecule has 1 amide bonds. The van der Waals surface area contributed by atoms with Gasteiger partial charge >= 0.3 is 0 Å². The Kier molecular flexibility index (Phi) is 8.85.